The molecule has 2 heterocycles. The first-order valence-electron chi connectivity index (χ1n) is 4.82. The molecule has 2 aliphatic rings. The van der Waals surface area contributed by atoms with E-state index in [9.17, 15) is 14.4 Å². The molecule has 2 aliphatic heterocycles. The van der Waals surface area contributed by atoms with Crippen molar-refractivity contribution in [3.8, 4) is 0 Å². The maximum absolute atomic E-state index is 11.5. The summed E-state index contributed by atoms with van der Waals surface area (Å²) in [5, 5.41) is 2.27. The third-order valence-electron chi connectivity index (χ3n) is 2.90. The highest BCUT2D eigenvalue weighted by Gasteiger charge is 2.48. The first-order chi connectivity index (χ1) is 7.13. The van der Waals surface area contributed by atoms with Crippen LogP contribution in [-0.4, -0.2) is 41.6 Å². The van der Waals surface area contributed by atoms with Crippen molar-refractivity contribution in [3.63, 3.8) is 0 Å². The number of likely N-dealkylation sites (tertiary alicyclic amines) is 1. The van der Waals surface area contributed by atoms with E-state index in [4.69, 9.17) is 11.6 Å². The van der Waals surface area contributed by atoms with Crippen LogP contribution < -0.4 is 5.32 Å². The van der Waals surface area contributed by atoms with Gasteiger partial charge in [-0.1, -0.05) is 0 Å². The van der Waals surface area contributed by atoms with Crippen LogP contribution >= 0.6 is 11.6 Å². The molecule has 0 saturated carbocycles. The van der Waals surface area contributed by atoms with Gasteiger partial charge in [0.05, 0.1) is 11.8 Å². The van der Waals surface area contributed by atoms with E-state index >= 15 is 0 Å². The zero-order chi connectivity index (χ0) is 11.0. The molecule has 6 heteroatoms. The van der Waals surface area contributed by atoms with Gasteiger partial charge in [-0.05, 0) is 0 Å². The molecular formula is C9H11ClN2O3. The van der Waals surface area contributed by atoms with Crippen LogP contribution in [0.25, 0.3) is 0 Å². The summed E-state index contributed by atoms with van der Waals surface area (Å²) in [6.07, 6.45) is 0.261. The second-order valence-corrected chi connectivity index (χ2v) is 4.18. The summed E-state index contributed by atoms with van der Waals surface area (Å²) < 4.78 is 0. The highest BCUT2D eigenvalue weighted by atomic mass is 35.5. The van der Waals surface area contributed by atoms with E-state index in [0.717, 1.165) is 0 Å². The monoisotopic (exact) mass is 230 g/mol. The van der Waals surface area contributed by atoms with Gasteiger partial charge >= 0.3 is 0 Å². The summed E-state index contributed by atoms with van der Waals surface area (Å²) in [6, 6.07) is 0. The average Bonchev–Trinajstić information content (AvgIpc) is 2.70. The fourth-order valence-corrected chi connectivity index (χ4v) is 2.25. The Morgan fingerprint density at radius 2 is 1.87 bits per heavy atom. The van der Waals surface area contributed by atoms with E-state index in [-0.39, 0.29) is 41.9 Å². The van der Waals surface area contributed by atoms with Crippen molar-refractivity contribution >= 4 is 29.3 Å². The van der Waals surface area contributed by atoms with Gasteiger partial charge in [-0.3, -0.25) is 19.7 Å². The minimum atomic E-state index is -0.350. The van der Waals surface area contributed by atoms with E-state index in [2.05, 4.69) is 5.32 Å². The molecule has 0 aliphatic carbocycles. The molecule has 2 rings (SSSR count). The number of carbonyl (C=O) groups excluding carboxylic acids is 3. The van der Waals surface area contributed by atoms with Crippen LogP contribution in [0.15, 0.2) is 0 Å². The Balaban J connectivity index is 2.03. The van der Waals surface area contributed by atoms with Crippen LogP contribution in [0.2, 0.25) is 0 Å². The van der Waals surface area contributed by atoms with Gasteiger partial charge in [0.2, 0.25) is 17.7 Å². The van der Waals surface area contributed by atoms with Crippen molar-refractivity contribution in [2.24, 2.45) is 11.8 Å². The lowest BCUT2D eigenvalue weighted by Gasteiger charge is -2.15. The van der Waals surface area contributed by atoms with Gasteiger partial charge < -0.3 is 4.90 Å². The average molecular weight is 231 g/mol. The number of nitrogens with one attached hydrogen (secondary N) is 1. The number of fused-ring (bicyclic) bond motifs is 1. The summed E-state index contributed by atoms with van der Waals surface area (Å²) in [4.78, 5) is 35.6. The molecule has 0 radical (unpaired) electrons. The van der Waals surface area contributed by atoms with E-state index in [0.29, 0.717) is 13.1 Å². The fraction of sp³-hybridized carbons (Fsp3) is 0.667. The molecule has 2 fully saturated rings. The molecule has 3 amide bonds. The Morgan fingerprint density at radius 3 is 2.33 bits per heavy atom. The Hall–Kier alpha value is -1.10. The maximum atomic E-state index is 11.5. The first kappa shape index (κ1) is 10.4. The highest BCUT2D eigenvalue weighted by Crippen LogP contribution is 2.28. The summed E-state index contributed by atoms with van der Waals surface area (Å²) in [5.41, 5.74) is 0. The molecule has 0 spiro atoms. The standard InChI is InChI=1S/C9H11ClN2O3/c10-2-1-7(13)12-3-5-6(4-12)9(15)11-8(5)14/h5-6H,1-4H2,(H,11,14,15)/t5-,6+. The molecule has 0 aromatic carbocycles. The summed E-state index contributed by atoms with van der Waals surface area (Å²) >= 11 is 5.46. The minimum absolute atomic E-state index is 0.0833. The lowest BCUT2D eigenvalue weighted by atomic mass is 10.00. The number of imide groups is 1. The fourth-order valence-electron chi connectivity index (χ4n) is 2.08. The molecule has 2 saturated heterocycles. The molecule has 0 aromatic heterocycles. The molecule has 5 nitrogen and oxygen atoms in total. The zero-order valence-corrected chi connectivity index (χ0v) is 8.79. The quantitative estimate of drug-likeness (QED) is 0.506. The number of carbonyl (C=O) groups is 3. The van der Waals surface area contributed by atoms with Crippen LogP contribution in [-0.2, 0) is 14.4 Å². The van der Waals surface area contributed by atoms with Gasteiger partial charge in [0, 0.05) is 25.4 Å². The SMILES string of the molecule is O=C1NC(=O)[C@@H]2CN(C(=O)CCCl)C[C@H]12. The van der Waals surface area contributed by atoms with E-state index in [1.165, 1.54) is 0 Å². The Bertz CT molecular complexity index is 309. The van der Waals surface area contributed by atoms with E-state index in [1.807, 2.05) is 0 Å². The maximum Gasteiger partial charge on any atom is 0.232 e. The number of amides is 3. The lowest BCUT2D eigenvalue weighted by Crippen LogP contribution is -2.35. The van der Waals surface area contributed by atoms with E-state index < -0.39 is 0 Å². The molecule has 0 bridgehead atoms. The van der Waals surface area contributed by atoms with Crippen LogP contribution in [0.5, 0.6) is 0 Å². The van der Waals surface area contributed by atoms with Crippen molar-refractivity contribution in [2.45, 2.75) is 6.42 Å². The van der Waals surface area contributed by atoms with Crippen molar-refractivity contribution in [1.29, 1.82) is 0 Å². The number of halogens is 1. The number of alkyl halides is 1. The molecule has 0 aromatic rings. The van der Waals surface area contributed by atoms with Crippen molar-refractivity contribution in [2.75, 3.05) is 19.0 Å². The van der Waals surface area contributed by atoms with Crippen LogP contribution in [0, 0.1) is 11.8 Å². The predicted molar refractivity (Wildman–Crippen MR) is 52.0 cm³/mol. The number of hydrogen-bond acceptors (Lipinski definition) is 3. The van der Waals surface area contributed by atoms with Gasteiger partial charge in [0.25, 0.3) is 0 Å². The van der Waals surface area contributed by atoms with Crippen LogP contribution in [0.3, 0.4) is 0 Å². The Labute approximate surface area is 91.7 Å². The van der Waals surface area contributed by atoms with Crippen molar-refractivity contribution in [3.05, 3.63) is 0 Å². The van der Waals surface area contributed by atoms with E-state index in [1.54, 1.807) is 4.90 Å². The van der Waals surface area contributed by atoms with Crippen LogP contribution in [0.4, 0.5) is 0 Å². The van der Waals surface area contributed by atoms with Gasteiger partial charge in [-0.2, -0.15) is 0 Å². The highest BCUT2D eigenvalue weighted by molar-refractivity contribution is 6.19. The molecule has 15 heavy (non-hydrogen) atoms. The summed E-state index contributed by atoms with van der Waals surface area (Å²) in [7, 11) is 0. The van der Waals surface area contributed by atoms with Crippen molar-refractivity contribution in [1.82, 2.24) is 10.2 Å². The smallest absolute Gasteiger partial charge is 0.232 e. The Morgan fingerprint density at radius 1 is 1.33 bits per heavy atom. The molecule has 1 N–H and O–H groups in total. The Kier molecular flexibility index (Phi) is 2.65. The van der Waals surface area contributed by atoms with Gasteiger partial charge in [-0.25, -0.2) is 0 Å². The third kappa shape index (κ3) is 1.71. The summed E-state index contributed by atoms with van der Waals surface area (Å²) in [6.45, 7) is 0.690. The molecule has 0 unspecified atom stereocenters. The first-order valence-corrected chi connectivity index (χ1v) is 5.35. The zero-order valence-electron chi connectivity index (χ0n) is 8.03. The normalized spacial score (nSPS) is 29.3. The topological polar surface area (TPSA) is 66.5 Å². The summed E-state index contributed by atoms with van der Waals surface area (Å²) in [5.74, 6) is -1.03. The van der Waals surface area contributed by atoms with Gasteiger partial charge in [-0.15, -0.1) is 11.6 Å². The molecule has 82 valence electrons. The molecule has 2 atom stereocenters. The number of hydrogen-bond donors (Lipinski definition) is 1. The van der Waals surface area contributed by atoms with Gasteiger partial charge in [0.1, 0.15) is 0 Å². The molecular weight excluding hydrogens is 220 g/mol. The van der Waals surface area contributed by atoms with Gasteiger partial charge in [0.15, 0.2) is 0 Å². The predicted octanol–water partition coefficient (Wildman–Crippen LogP) is -0.654. The lowest BCUT2D eigenvalue weighted by molar-refractivity contribution is -0.131. The minimum Gasteiger partial charge on any atom is -0.341 e. The largest absolute Gasteiger partial charge is 0.341 e. The van der Waals surface area contributed by atoms with Crippen LogP contribution in [0.1, 0.15) is 6.42 Å². The number of nitrogens with zero attached hydrogens (tertiary/aromatic N) is 1. The van der Waals surface area contributed by atoms with Crippen molar-refractivity contribution < 1.29 is 14.4 Å². The number of rotatable bonds is 2. The second-order valence-electron chi connectivity index (χ2n) is 3.80. The second kappa shape index (κ2) is 3.81. The third-order valence-corrected chi connectivity index (χ3v) is 3.09.